The Morgan fingerprint density at radius 3 is 2.28 bits per heavy atom. The molecule has 7 heteroatoms. The maximum atomic E-state index is 12.2. The molecule has 2 aromatic carbocycles. The molecular weight excluding hydrogens is 361 g/mol. The van der Waals surface area contributed by atoms with E-state index in [1.807, 2.05) is 12.1 Å². The molecule has 1 saturated heterocycles. The highest BCUT2D eigenvalue weighted by molar-refractivity contribution is 6.30. The minimum atomic E-state index is -0.300. The standard InChI is InChI=1S/C18H17Cl2N3O2/c19-13-3-1-12(2-4-13)10-21-18(25)22-15-9-17(24)23(11-15)16-7-5-14(20)6-8-16/h1-8,15H,9-11H2,(H2,21,22,25)/t15-/m0/s1. The number of nitrogens with zero attached hydrogens (tertiary/aromatic N) is 1. The molecule has 3 rings (SSSR count). The van der Waals surface area contributed by atoms with E-state index < -0.39 is 0 Å². The summed E-state index contributed by atoms with van der Waals surface area (Å²) in [7, 11) is 0. The van der Waals surface area contributed by atoms with Gasteiger partial charge in [-0.1, -0.05) is 35.3 Å². The van der Waals surface area contributed by atoms with Gasteiger partial charge in [-0.2, -0.15) is 0 Å². The largest absolute Gasteiger partial charge is 0.334 e. The van der Waals surface area contributed by atoms with E-state index in [9.17, 15) is 9.59 Å². The van der Waals surface area contributed by atoms with Crippen molar-refractivity contribution >= 4 is 40.8 Å². The first-order valence-electron chi connectivity index (χ1n) is 7.86. The summed E-state index contributed by atoms with van der Waals surface area (Å²) in [5.74, 6) is -0.0228. The summed E-state index contributed by atoms with van der Waals surface area (Å²) in [4.78, 5) is 25.9. The fraction of sp³-hybridized carbons (Fsp3) is 0.222. The minimum absolute atomic E-state index is 0.0228. The van der Waals surface area contributed by atoms with E-state index in [2.05, 4.69) is 10.6 Å². The summed E-state index contributed by atoms with van der Waals surface area (Å²) in [6.45, 7) is 0.833. The molecule has 1 aliphatic rings. The molecule has 0 unspecified atom stereocenters. The van der Waals surface area contributed by atoms with Crippen LogP contribution in [0.3, 0.4) is 0 Å². The van der Waals surface area contributed by atoms with Gasteiger partial charge in [0.05, 0.1) is 6.04 Å². The highest BCUT2D eigenvalue weighted by Crippen LogP contribution is 2.23. The first kappa shape index (κ1) is 17.6. The number of urea groups is 1. The summed E-state index contributed by atoms with van der Waals surface area (Å²) in [5.41, 5.74) is 1.73. The first-order chi connectivity index (χ1) is 12.0. The zero-order valence-corrected chi connectivity index (χ0v) is 14.8. The van der Waals surface area contributed by atoms with Crippen molar-refractivity contribution in [1.29, 1.82) is 0 Å². The first-order valence-corrected chi connectivity index (χ1v) is 8.61. The molecule has 0 aliphatic carbocycles. The Morgan fingerprint density at radius 1 is 1.04 bits per heavy atom. The molecule has 1 atom stereocenters. The van der Waals surface area contributed by atoms with Crippen molar-refractivity contribution in [2.45, 2.75) is 19.0 Å². The summed E-state index contributed by atoms with van der Waals surface area (Å²) in [6.07, 6.45) is 0.275. The molecule has 2 aromatic rings. The number of hydrogen-bond acceptors (Lipinski definition) is 2. The van der Waals surface area contributed by atoms with Gasteiger partial charge >= 0.3 is 6.03 Å². The SMILES string of the molecule is O=C(NCc1ccc(Cl)cc1)N[C@H]1CC(=O)N(c2ccc(Cl)cc2)C1. The average Bonchev–Trinajstić information content (AvgIpc) is 2.95. The van der Waals surface area contributed by atoms with Gasteiger partial charge in [0, 0.05) is 35.2 Å². The molecule has 0 bridgehead atoms. The van der Waals surface area contributed by atoms with Crippen LogP contribution in [0.4, 0.5) is 10.5 Å². The van der Waals surface area contributed by atoms with Crippen molar-refractivity contribution in [3.8, 4) is 0 Å². The Kier molecular flexibility index (Phi) is 5.46. The van der Waals surface area contributed by atoms with Crippen molar-refractivity contribution < 1.29 is 9.59 Å². The third-order valence-corrected chi connectivity index (χ3v) is 4.47. The Labute approximate surface area is 155 Å². The van der Waals surface area contributed by atoms with E-state index in [1.165, 1.54) is 0 Å². The number of benzene rings is 2. The highest BCUT2D eigenvalue weighted by Gasteiger charge is 2.31. The number of carbonyl (C=O) groups excluding carboxylic acids is 2. The fourth-order valence-corrected chi connectivity index (χ4v) is 2.95. The molecule has 25 heavy (non-hydrogen) atoms. The Bertz CT molecular complexity index is 763. The Morgan fingerprint density at radius 2 is 1.64 bits per heavy atom. The normalized spacial score (nSPS) is 16.8. The van der Waals surface area contributed by atoms with Crippen molar-refractivity contribution in [2.75, 3.05) is 11.4 Å². The predicted octanol–water partition coefficient (Wildman–Crippen LogP) is 3.60. The number of nitrogens with one attached hydrogen (secondary N) is 2. The average molecular weight is 378 g/mol. The smallest absolute Gasteiger partial charge is 0.315 e. The number of anilines is 1. The Hall–Kier alpha value is -2.24. The lowest BCUT2D eigenvalue weighted by Gasteiger charge is -2.17. The zero-order chi connectivity index (χ0) is 17.8. The van der Waals surface area contributed by atoms with Crippen LogP contribution >= 0.6 is 23.2 Å². The van der Waals surface area contributed by atoms with Crippen molar-refractivity contribution in [1.82, 2.24) is 10.6 Å². The van der Waals surface area contributed by atoms with Gasteiger partial charge in [-0.15, -0.1) is 0 Å². The van der Waals surface area contributed by atoms with E-state index in [1.54, 1.807) is 41.3 Å². The lowest BCUT2D eigenvalue weighted by atomic mass is 10.2. The summed E-state index contributed by atoms with van der Waals surface area (Å²) in [6, 6.07) is 13.8. The molecule has 1 aliphatic heterocycles. The van der Waals surface area contributed by atoms with Gasteiger partial charge in [-0.3, -0.25) is 4.79 Å². The monoisotopic (exact) mass is 377 g/mol. The van der Waals surface area contributed by atoms with Crippen LogP contribution in [-0.2, 0) is 11.3 Å². The van der Waals surface area contributed by atoms with Crippen LogP contribution in [-0.4, -0.2) is 24.5 Å². The topological polar surface area (TPSA) is 61.4 Å². The van der Waals surface area contributed by atoms with Gasteiger partial charge in [0.25, 0.3) is 0 Å². The number of halogens is 2. The molecule has 0 saturated carbocycles. The lowest BCUT2D eigenvalue weighted by molar-refractivity contribution is -0.117. The predicted molar refractivity (Wildman–Crippen MR) is 99.0 cm³/mol. The zero-order valence-electron chi connectivity index (χ0n) is 13.3. The molecule has 5 nitrogen and oxygen atoms in total. The molecule has 0 aromatic heterocycles. The van der Waals surface area contributed by atoms with Gasteiger partial charge in [0.1, 0.15) is 0 Å². The van der Waals surface area contributed by atoms with Crippen LogP contribution in [0.25, 0.3) is 0 Å². The second-order valence-corrected chi connectivity index (χ2v) is 6.71. The quantitative estimate of drug-likeness (QED) is 0.854. The van der Waals surface area contributed by atoms with E-state index in [0.29, 0.717) is 23.1 Å². The van der Waals surface area contributed by atoms with E-state index in [0.717, 1.165) is 11.3 Å². The fourth-order valence-electron chi connectivity index (χ4n) is 2.70. The van der Waals surface area contributed by atoms with Crippen LogP contribution in [0.2, 0.25) is 10.0 Å². The second kappa shape index (κ2) is 7.76. The molecule has 130 valence electrons. The van der Waals surface area contributed by atoms with E-state index in [-0.39, 0.29) is 24.4 Å². The van der Waals surface area contributed by atoms with E-state index >= 15 is 0 Å². The molecule has 2 N–H and O–H groups in total. The number of rotatable bonds is 4. The lowest BCUT2D eigenvalue weighted by Crippen LogP contribution is -2.43. The summed E-state index contributed by atoms with van der Waals surface area (Å²) in [5, 5.41) is 6.89. The van der Waals surface area contributed by atoms with Gasteiger partial charge in [-0.05, 0) is 42.0 Å². The van der Waals surface area contributed by atoms with E-state index in [4.69, 9.17) is 23.2 Å². The highest BCUT2D eigenvalue weighted by atomic mass is 35.5. The maximum absolute atomic E-state index is 12.2. The van der Waals surface area contributed by atoms with Crippen LogP contribution in [0, 0.1) is 0 Å². The second-order valence-electron chi connectivity index (χ2n) is 5.84. The Balaban J connectivity index is 1.51. The number of carbonyl (C=O) groups is 2. The van der Waals surface area contributed by atoms with Gasteiger partial charge in [0.15, 0.2) is 0 Å². The van der Waals surface area contributed by atoms with Crippen molar-refractivity contribution in [3.05, 3.63) is 64.1 Å². The third kappa shape index (κ3) is 4.65. The summed E-state index contributed by atoms with van der Waals surface area (Å²) < 4.78 is 0. The molecule has 1 heterocycles. The summed E-state index contributed by atoms with van der Waals surface area (Å²) >= 11 is 11.7. The van der Waals surface area contributed by atoms with Gasteiger partial charge < -0.3 is 15.5 Å². The molecular formula is C18H17Cl2N3O2. The van der Waals surface area contributed by atoms with Gasteiger partial charge in [-0.25, -0.2) is 4.79 Å². The van der Waals surface area contributed by atoms with Crippen LogP contribution < -0.4 is 15.5 Å². The number of hydrogen-bond donors (Lipinski definition) is 2. The van der Waals surface area contributed by atoms with Crippen LogP contribution in [0.5, 0.6) is 0 Å². The molecule has 0 radical (unpaired) electrons. The van der Waals surface area contributed by atoms with Crippen LogP contribution in [0.1, 0.15) is 12.0 Å². The molecule has 0 spiro atoms. The van der Waals surface area contributed by atoms with Crippen molar-refractivity contribution in [2.24, 2.45) is 0 Å². The molecule has 1 fully saturated rings. The molecule has 3 amide bonds. The van der Waals surface area contributed by atoms with Crippen molar-refractivity contribution in [3.63, 3.8) is 0 Å². The maximum Gasteiger partial charge on any atom is 0.315 e. The minimum Gasteiger partial charge on any atom is -0.334 e. The van der Waals surface area contributed by atoms with Crippen LogP contribution in [0.15, 0.2) is 48.5 Å². The number of amides is 3. The van der Waals surface area contributed by atoms with Gasteiger partial charge in [0.2, 0.25) is 5.91 Å². The third-order valence-electron chi connectivity index (χ3n) is 3.96.